The first-order valence-corrected chi connectivity index (χ1v) is 10.4. The molecule has 152 valence electrons. The number of pyridine rings is 1. The van der Waals surface area contributed by atoms with Crippen LogP contribution < -0.4 is 4.74 Å². The van der Waals surface area contributed by atoms with E-state index in [2.05, 4.69) is 4.98 Å². The number of amides is 1. The maximum absolute atomic E-state index is 12.6. The SMILES string of the molecule is O=C(C1=CC2OCOC2C1)N(O)CS(=O)(=O)c1ccc(Oc2ccccn2)cc1. The Labute approximate surface area is 167 Å². The second-order valence-corrected chi connectivity index (χ2v) is 8.50. The van der Waals surface area contributed by atoms with Gasteiger partial charge in [-0.25, -0.2) is 18.5 Å². The fraction of sp³-hybridized carbons (Fsp3) is 0.263. The molecule has 10 heteroatoms. The van der Waals surface area contributed by atoms with Gasteiger partial charge < -0.3 is 14.2 Å². The number of hydrogen-bond acceptors (Lipinski definition) is 8. The summed E-state index contributed by atoms with van der Waals surface area (Å²) in [6.07, 6.45) is 2.78. The lowest BCUT2D eigenvalue weighted by molar-refractivity contribution is -0.156. The van der Waals surface area contributed by atoms with Crippen LogP contribution in [0.4, 0.5) is 0 Å². The number of aromatic nitrogens is 1. The average molecular weight is 418 g/mol. The minimum absolute atomic E-state index is 0.0540. The third kappa shape index (κ3) is 4.30. The Kier molecular flexibility index (Phi) is 5.33. The standard InChI is InChI=1S/C19H18N2O7S/c22-19(13-9-16-17(10-13)27-12-26-16)21(23)11-29(24,25)15-6-4-14(5-7-15)28-18-3-1-2-8-20-18/h1-9,16-17,23H,10-12H2. The van der Waals surface area contributed by atoms with Crippen molar-refractivity contribution in [2.75, 3.05) is 12.7 Å². The molecule has 1 aromatic carbocycles. The van der Waals surface area contributed by atoms with Crippen LogP contribution in [-0.4, -0.2) is 54.5 Å². The van der Waals surface area contributed by atoms with Crippen molar-refractivity contribution < 1.29 is 32.6 Å². The Morgan fingerprint density at radius 1 is 1.21 bits per heavy atom. The van der Waals surface area contributed by atoms with Crippen LogP contribution >= 0.6 is 0 Å². The van der Waals surface area contributed by atoms with Gasteiger partial charge >= 0.3 is 0 Å². The zero-order valence-electron chi connectivity index (χ0n) is 15.2. The first kappa shape index (κ1) is 19.5. The summed E-state index contributed by atoms with van der Waals surface area (Å²) in [7, 11) is -3.95. The number of ether oxygens (including phenoxy) is 3. The van der Waals surface area contributed by atoms with Crippen molar-refractivity contribution in [3.05, 3.63) is 60.3 Å². The van der Waals surface area contributed by atoms with Gasteiger partial charge in [0.1, 0.15) is 18.6 Å². The predicted octanol–water partition coefficient (Wildman–Crippen LogP) is 1.89. The van der Waals surface area contributed by atoms with Crippen LogP contribution in [0.15, 0.2) is 65.2 Å². The smallest absolute Gasteiger partial charge is 0.274 e. The fourth-order valence-electron chi connectivity index (χ4n) is 3.08. The van der Waals surface area contributed by atoms with Gasteiger partial charge in [0.2, 0.25) is 5.88 Å². The summed E-state index contributed by atoms with van der Waals surface area (Å²) in [6.45, 7) is 0.157. The molecule has 1 aliphatic heterocycles. The zero-order chi connectivity index (χ0) is 20.4. The Morgan fingerprint density at radius 3 is 2.69 bits per heavy atom. The number of hydrogen-bond donors (Lipinski definition) is 1. The molecule has 0 bridgehead atoms. The minimum Gasteiger partial charge on any atom is -0.439 e. The van der Waals surface area contributed by atoms with E-state index in [1.54, 1.807) is 30.5 Å². The van der Waals surface area contributed by atoms with Gasteiger partial charge in [0, 0.05) is 24.3 Å². The molecule has 1 aliphatic carbocycles. The molecular weight excluding hydrogens is 400 g/mol. The number of nitrogens with zero attached hydrogens (tertiary/aromatic N) is 2. The number of benzene rings is 1. The van der Waals surface area contributed by atoms with Crippen LogP contribution in [0.1, 0.15) is 6.42 Å². The van der Waals surface area contributed by atoms with Crippen molar-refractivity contribution in [2.24, 2.45) is 0 Å². The molecule has 0 spiro atoms. The van der Waals surface area contributed by atoms with E-state index in [9.17, 15) is 18.4 Å². The van der Waals surface area contributed by atoms with Gasteiger partial charge in [0.25, 0.3) is 5.91 Å². The third-order valence-corrected chi connectivity index (χ3v) is 6.11. The number of sulfone groups is 1. The molecule has 0 radical (unpaired) electrons. The lowest BCUT2D eigenvalue weighted by atomic mass is 10.2. The molecule has 9 nitrogen and oxygen atoms in total. The van der Waals surface area contributed by atoms with Gasteiger partial charge in [-0.2, -0.15) is 0 Å². The highest BCUT2D eigenvalue weighted by Crippen LogP contribution is 2.30. The molecule has 2 aliphatic rings. The van der Waals surface area contributed by atoms with Crippen LogP contribution in [0, 0.1) is 0 Å². The highest BCUT2D eigenvalue weighted by Gasteiger charge is 2.37. The predicted molar refractivity (Wildman–Crippen MR) is 98.8 cm³/mol. The van der Waals surface area contributed by atoms with Crippen molar-refractivity contribution in [3.63, 3.8) is 0 Å². The van der Waals surface area contributed by atoms with Crippen LogP contribution in [-0.2, 0) is 24.1 Å². The summed E-state index contributed by atoms with van der Waals surface area (Å²) in [5.74, 6) is -0.883. The van der Waals surface area contributed by atoms with Gasteiger partial charge in [-0.3, -0.25) is 10.0 Å². The lowest BCUT2D eigenvalue weighted by Crippen LogP contribution is -2.33. The van der Waals surface area contributed by atoms with E-state index < -0.39 is 21.6 Å². The molecule has 2 aromatic rings. The summed E-state index contributed by atoms with van der Waals surface area (Å²) in [5, 5.41) is 10.2. The van der Waals surface area contributed by atoms with Crippen molar-refractivity contribution in [1.82, 2.24) is 10.0 Å². The summed E-state index contributed by atoms with van der Waals surface area (Å²) in [5.41, 5.74) is 0.261. The van der Waals surface area contributed by atoms with Crippen molar-refractivity contribution in [2.45, 2.75) is 23.5 Å². The molecule has 2 heterocycles. The molecule has 1 N–H and O–H groups in total. The summed E-state index contributed by atoms with van der Waals surface area (Å²) in [6, 6.07) is 10.8. The maximum atomic E-state index is 12.6. The van der Waals surface area contributed by atoms with Crippen LogP contribution in [0.2, 0.25) is 0 Å². The summed E-state index contributed by atoms with van der Waals surface area (Å²) >= 11 is 0. The quantitative estimate of drug-likeness (QED) is 0.559. The molecule has 1 aromatic heterocycles. The minimum atomic E-state index is -3.95. The van der Waals surface area contributed by atoms with Gasteiger partial charge in [-0.05, 0) is 36.4 Å². The Hall–Kier alpha value is -2.79. The summed E-state index contributed by atoms with van der Waals surface area (Å²) < 4.78 is 41.2. The zero-order valence-corrected chi connectivity index (χ0v) is 16.0. The molecular formula is C19H18N2O7S. The van der Waals surface area contributed by atoms with E-state index >= 15 is 0 Å². The second-order valence-electron chi connectivity index (χ2n) is 6.54. The molecule has 1 fully saturated rings. The van der Waals surface area contributed by atoms with Crippen LogP contribution in [0.5, 0.6) is 11.6 Å². The topological polar surface area (TPSA) is 115 Å². The molecule has 4 rings (SSSR count). The Bertz CT molecular complexity index is 1020. The van der Waals surface area contributed by atoms with E-state index in [4.69, 9.17) is 14.2 Å². The molecule has 29 heavy (non-hydrogen) atoms. The molecule has 2 unspecified atom stereocenters. The van der Waals surface area contributed by atoms with E-state index in [1.165, 1.54) is 24.3 Å². The Morgan fingerprint density at radius 2 is 2.00 bits per heavy atom. The van der Waals surface area contributed by atoms with Gasteiger partial charge in [0.15, 0.2) is 15.7 Å². The average Bonchev–Trinajstić information content (AvgIpc) is 3.30. The van der Waals surface area contributed by atoms with Crippen molar-refractivity contribution in [3.8, 4) is 11.6 Å². The monoisotopic (exact) mass is 418 g/mol. The van der Waals surface area contributed by atoms with E-state index in [1.807, 2.05) is 0 Å². The Balaban J connectivity index is 1.41. The largest absolute Gasteiger partial charge is 0.439 e. The number of rotatable bonds is 6. The lowest BCUT2D eigenvalue weighted by Gasteiger charge is -2.16. The second kappa shape index (κ2) is 7.91. The van der Waals surface area contributed by atoms with Gasteiger partial charge in [0.05, 0.1) is 11.0 Å². The molecule has 1 saturated heterocycles. The first-order valence-electron chi connectivity index (χ1n) is 8.79. The van der Waals surface area contributed by atoms with E-state index in [-0.39, 0.29) is 41.0 Å². The van der Waals surface area contributed by atoms with Crippen molar-refractivity contribution >= 4 is 15.7 Å². The van der Waals surface area contributed by atoms with Crippen LogP contribution in [0.3, 0.4) is 0 Å². The first-order chi connectivity index (χ1) is 13.9. The third-order valence-electron chi connectivity index (χ3n) is 4.54. The number of carbonyl (C=O) groups is 1. The van der Waals surface area contributed by atoms with Crippen LogP contribution in [0.25, 0.3) is 0 Å². The normalized spacial score (nSPS) is 20.8. The number of hydroxylamine groups is 2. The fourth-order valence-corrected chi connectivity index (χ4v) is 4.22. The highest BCUT2D eigenvalue weighted by atomic mass is 32.2. The van der Waals surface area contributed by atoms with Crippen molar-refractivity contribution in [1.29, 1.82) is 0 Å². The molecule has 0 saturated carbocycles. The molecule has 2 atom stereocenters. The number of carbonyl (C=O) groups excluding carboxylic acids is 1. The van der Waals surface area contributed by atoms with Gasteiger partial charge in [-0.15, -0.1) is 0 Å². The van der Waals surface area contributed by atoms with Gasteiger partial charge in [-0.1, -0.05) is 6.07 Å². The van der Waals surface area contributed by atoms with E-state index in [0.717, 1.165) is 0 Å². The maximum Gasteiger partial charge on any atom is 0.274 e. The molecule has 1 amide bonds. The highest BCUT2D eigenvalue weighted by molar-refractivity contribution is 7.91. The number of fused-ring (bicyclic) bond motifs is 1. The van der Waals surface area contributed by atoms with E-state index in [0.29, 0.717) is 11.6 Å². The summed E-state index contributed by atoms with van der Waals surface area (Å²) in [4.78, 5) is 16.3.